The zero-order valence-electron chi connectivity index (χ0n) is 8.32. The van der Waals surface area contributed by atoms with Crippen LogP contribution in [0.25, 0.3) is 0 Å². The Morgan fingerprint density at radius 2 is 2.07 bits per heavy atom. The second kappa shape index (κ2) is 6.33. The van der Waals surface area contributed by atoms with Crippen LogP contribution in [0.1, 0.15) is 20.3 Å². The molecule has 0 bridgehead atoms. The highest BCUT2D eigenvalue weighted by Crippen LogP contribution is 2.04. The minimum absolute atomic E-state index is 0.190. The van der Waals surface area contributed by atoms with Crippen LogP contribution in [-0.4, -0.2) is 29.6 Å². The van der Waals surface area contributed by atoms with Gasteiger partial charge in [0.05, 0.1) is 0 Å². The highest BCUT2D eigenvalue weighted by Gasteiger charge is 2.20. The summed E-state index contributed by atoms with van der Waals surface area (Å²) in [6, 6.07) is -0.877. The molecule has 6 heteroatoms. The maximum Gasteiger partial charge on any atom is 0.326 e. The number of hydrogen-bond acceptors (Lipinski definition) is 4. The molecule has 0 saturated heterocycles. The van der Waals surface area contributed by atoms with Crippen LogP contribution in [0.2, 0.25) is 0 Å². The summed E-state index contributed by atoms with van der Waals surface area (Å²) >= 11 is 0. The lowest BCUT2D eigenvalue weighted by molar-refractivity contribution is -0.143. The summed E-state index contributed by atoms with van der Waals surface area (Å²) in [6.07, 6.45) is 0.381. The number of carboxylic acids is 1. The van der Waals surface area contributed by atoms with Crippen molar-refractivity contribution >= 4 is 11.9 Å². The van der Waals surface area contributed by atoms with E-state index in [4.69, 9.17) is 5.11 Å². The molecule has 0 aromatic carbocycles. The summed E-state index contributed by atoms with van der Waals surface area (Å²) in [4.78, 5) is 25.7. The van der Waals surface area contributed by atoms with Gasteiger partial charge in [-0.15, -0.1) is 0 Å². The molecule has 1 atom stereocenters. The van der Waals surface area contributed by atoms with Crippen molar-refractivity contribution in [3.63, 3.8) is 0 Å². The third-order valence-electron chi connectivity index (χ3n) is 1.55. The van der Waals surface area contributed by atoms with Gasteiger partial charge in [0.25, 0.3) is 0 Å². The molecule has 0 fully saturated rings. The van der Waals surface area contributed by atoms with Crippen LogP contribution in [-0.2, 0) is 14.4 Å². The Morgan fingerprint density at radius 3 is 2.43 bits per heavy atom. The largest absolute Gasteiger partial charge is 0.480 e. The first-order valence-electron chi connectivity index (χ1n) is 4.31. The van der Waals surface area contributed by atoms with Gasteiger partial charge in [0.1, 0.15) is 12.6 Å². The van der Waals surface area contributed by atoms with Gasteiger partial charge in [0.2, 0.25) is 5.91 Å². The molecule has 0 rings (SSSR count). The van der Waals surface area contributed by atoms with Crippen molar-refractivity contribution in [2.45, 2.75) is 26.3 Å². The van der Waals surface area contributed by atoms with Crippen LogP contribution < -0.4 is 11.2 Å². The first-order chi connectivity index (χ1) is 6.47. The molecule has 0 aromatic rings. The standard InChI is InChI=1S/C8H16N2O4/c1-5(2)3-6(8(12)13)10-7(11)4-14-9/h5-6H,3-4,9H2,1-2H3,(H,10,11)(H,12,13)/t6-/m1/s1. The van der Waals surface area contributed by atoms with Crippen molar-refractivity contribution in [3.8, 4) is 0 Å². The summed E-state index contributed by atoms with van der Waals surface area (Å²) in [5.41, 5.74) is 0. The maximum absolute atomic E-state index is 11.0. The molecule has 0 saturated carbocycles. The van der Waals surface area contributed by atoms with Gasteiger partial charge in [-0.3, -0.25) is 9.63 Å². The molecule has 0 aliphatic carbocycles. The Morgan fingerprint density at radius 1 is 1.50 bits per heavy atom. The lowest BCUT2D eigenvalue weighted by atomic mass is 10.0. The van der Waals surface area contributed by atoms with Gasteiger partial charge in [-0.05, 0) is 12.3 Å². The Kier molecular flexibility index (Phi) is 5.82. The Hall–Kier alpha value is -1.14. The zero-order chi connectivity index (χ0) is 11.1. The van der Waals surface area contributed by atoms with Crippen molar-refractivity contribution in [3.05, 3.63) is 0 Å². The molecule has 0 aromatic heterocycles. The molecule has 14 heavy (non-hydrogen) atoms. The van der Waals surface area contributed by atoms with E-state index < -0.39 is 17.9 Å². The summed E-state index contributed by atoms with van der Waals surface area (Å²) in [5.74, 6) is 3.29. The Labute approximate surface area is 82.4 Å². The van der Waals surface area contributed by atoms with Gasteiger partial charge in [-0.1, -0.05) is 13.8 Å². The van der Waals surface area contributed by atoms with E-state index in [1.807, 2.05) is 13.8 Å². The van der Waals surface area contributed by atoms with E-state index in [0.717, 1.165) is 0 Å². The topological polar surface area (TPSA) is 102 Å². The predicted molar refractivity (Wildman–Crippen MR) is 49.2 cm³/mol. The lowest BCUT2D eigenvalue weighted by Crippen LogP contribution is -2.43. The van der Waals surface area contributed by atoms with Gasteiger partial charge in [-0.2, -0.15) is 0 Å². The molecule has 0 aliphatic heterocycles. The monoisotopic (exact) mass is 204 g/mol. The molecule has 0 unspecified atom stereocenters. The minimum Gasteiger partial charge on any atom is -0.480 e. The average molecular weight is 204 g/mol. The van der Waals surface area contributed by atoms with Crippen LogP contribution >= 0.6 is 0 Å². The van der Waals surface area contributed by atoms with E-state index in [-0.39, 0.29) is 12.5 Å². The summed E-state index contributed by atoms with van der Waals surface area (Å²) in [6.45, 7) is 3.42. The number of rotatable bonds is 6. The maximum atomic E-state index is 11.0. The normalized spacial score (nSPS) is 12.6. The molecule has 82 valence electrons. The number of nitrogens with two attached hydrogens (primary N) is 1. The fraction of sp³-hybridized carbons (Fsp3) is 0.750. The van der Waals surface area contributed by atoms with E-state index in [9.17, 15) is 9.59 Å². The SMILES string of the molecule is CC(C)C[C@@H](NC(=O)CON)C(=O)O. The zero-order valence-corrected chi connectivity index (χ0v) is 8.32. The Balaban J connectivity index is 4.09. The number of carbonyl (C=O) groups excluding carboxylic acids is 1. The van der Waals surface area contributed by atoms with Crippen molar-refractivity contribution < 1.29 is 19.5 Å². The van der Waals surface area contributed by atoms with Crippen molar-refractivity contribution in [2.75, 3.05) is 6.61 Å². The smallest absolute Gasteiger partial charge is 0.326 e. The highest BCUT2D eigenvalue weighted by atomic mass is 16.6. The number of nitrogens with one attached hydrogen (secondary N) is 1. The molecule has 4 N–H and O–H groups in total. The molecule has 0 heterocycles. The Bertz CT molecular complexity index is 206. The van der Waals surface area contributed by atoms with E-state index in [1.54, 1.807) is 0 Å². The molecule has 6 nitrogen and oxygen atoms in total. The van der Waals surface area contributed by atoms with Crippen molar-refractivity contribution in [1.29, 1.82) is 0 Å². The average Bonchev–Trinajstić information content (AvgIpc) is 2.02. The molecule has 0 aliphatic rings. The summed E-state index contributed by atoms with van der Waals surface area (Å²) in [7, 11) is 0. The van der Waals surface area contributed by atoms with Gasteiger partial charge in [0, 0.05) is 0 Å². The number of carboxylic acid groups (broad SMARTS) is 1. The third-order valence-corrected chi connectivity index (χ3v) is 1.55. The highest BCUT2D eigenvalue weighted by molar-refractivity contribution is 5.84. The minimum atomic E-state index is -1.05. The van der Waals surface area contributed by atoms with Gasteiger partial charge in [-0.25, -0.2) is 10.7 Å². The third kappa shape index (κ3) is 5.50. The fourth-order valence-corrected chi connectivity index (χ4v) is 1.00. The van der Waals surface area contributed by atoms with E-state index in [1.165, 1.54) is 0 Å². The van der Waals surface area contributed by atoms with E-state index in [2.05, 4.69) is 16.1 Å². The fourth-order valence-electron chi connectivity index (χ4n) is 1.00. The predicted octanol–water partition coefficient (Wildman–Crippen LogP) is -0.508. The van der Waals surface area contributed by atoms with E-state index in [0.29, 0.717) is 6.42 Å². The van der Waals surface area contributed by atoms with Crippen LogP contribution in [0, 0.1) is 5.92 Å². The van der Waals surface area contributed by atoms with Crippen LogP contribution in [0.4, 0.5) is 0 Å². The molecule has 1 amide bonds. The number of carbonyl (C=O) groups is 2. The van der Waals surface area contributed by atoms with Crippen LogP contribution in [0.15, 0.2) is 0 Å². The molecular weight excluding hydrogens is 188 g/mol. The number of aliphatic carboxylic acids is 1. The first-order valence-corrected chi connectivity index (χ1v) is 4.31. The molecule has 0 radical (unpaired) electrons. The van der Waals surface area contributed by atoms with Gasteiger partial charge < -0.3 is 10.4 Å². The quantitative estimate of drug-likeness (QED) is 0.506. The van der Waals surface area contributed by atoms with Crippen molar-refractivity contribution in [2.24, 2.45) is 11.8 Å². The first kappa shape index (κ1) is 12.9. The number of amides is 1. The second-order valence-electron chi connectivity index (χ2n) is 3.40. The summed E-state index contributed by atoms with van der Waals surface area (Å²) < 4.78 is 0. The molecular formula is C8H16N2O4. The van der Waals surface area contributed by atoms with Gasteiger partial charge >= 0.3 is 5.97 Å². The lowest BCUT2D eigenvalue weighted by Gasteiger charge is -2.15. The summed E-state index contributed by atoms with van der Waals surface area (Å²) in [5, 5.41) is 11.1. The molecule has 0 spiro atoms. The second-order valence-corrected chi connectivity index (χ2v) is 3.40. The van der Waals surface area contributed by atoms with Crippen LogP contribution in [0.3, 0.4) is 0 Å². The van der Waals surface area contributed by atoms with E-state index >= 15 is 0 Å². The number of hydrogen-bond donors (Lipinski definition) is 3. The van der Waals surface area contributed by atoms with Gasteiger partial charge in [0.15, 0.2) is 0 Å². The van der Waals surface area contributed by atoms with Crippen molar-refractivity contribution in [1.82, 2.24) is 5.32 Å². The van der Waals surface area contributed by atoms with Crippen LogP contribution in [0.5, 0.6) is 0 Å².